The number of alkyl halides is 3. The largest absolute Gasteiger partial charge is 0.405 e. The Balaban J connectivity index is 1.50. The molecule has 3 N–H and O–H groups in total. The van der Waals surface area contributed by atoms with Crippen LogP contribution in [0.2, 0.25) is 0 Å². The smallest absolute Gasteiger partial charge is 0.376 e. The lowest BCUT2D eigenvalue weighted by atomic mass is 9.91. The van der Waals surface area contributed by atoms with Crippen LogP contribution < -0.4 is 11.1 Å². The maximum absolute atomic E-state index is 12.4. The molecule has 0 saturated heterocycles. The van der Waals surface area contributed by atoms with E-state index in [1.165, 1.54) is 35.2 Å². The number of benzene rings is 1. The standard InChI is InChI=1S/C23H26F3N3/c24-23(25,26)15-28-18-7-5-6-16(13-18)12-17(27)14-20-19-8-1-2-9-21(19)29-11-4-3-10-22(20)29/h3-7,10-11,13,17,28H,1-2,8-9,12,14-15,27H2. The molecule has 6 heteroatoms. The van der Waals surface area contributed by atoms with Crippen LogP contribution in [0.4, 0.5) is 18.9 Å². The monoisotopic (exact) mass is 401 g/mol. The minimum atomic E-state index is -4.23. The number of nitrogens with one attached hydrogen (secondary N) is 1. The second-order valence-electron chi connectivity index (χ2n) is 7.90. The fourth-order valence-electron chi connectivity index (χ4n) is 4.43. The van der Waals surface area contributed by atoms with Crippen LogP contribution in [0, 0.1) is 0 Å². The zero-order chi connectivity index (χ0) is 20.4. The van der Waals surface area contributed by atoms with Gasteiger partial charge in [0, 0.05) is 29.1 Å². The number of nitrogens with zero attached hydrogens (tertiary/aromatic N) is 1. The van der Waals surface area contributed by atoms with Gasteiger partial charge in [0.25, 0.3) is 0 Å². The molecule has 0 aliphatic heterocycles. The first-order valence-electron chi connectivity index (χ1n) is 10.2. The van der Waals surface area contributed by atoms with E-state index in [9.17, 15) is 13.2 Å². The van der Waals surface area contributed by atoms with Gasteiger partial charge in [-0.05, 0) is 79.5 Å². The zero-order valence-corrected chi connectivity index (χ0v) is 16.3. The Morgan fingerprint density at radius 3 is 2.69 bits per heavy atom. The minimum absolute atomic E-state index is 0.0923. The van der Waals surface area contributed by atoms with Crippen molar-refractivity contribution in [2.45, 2.75) is 50.7 Å². The van der Waals surface area contributed by atoms with Crippen molar-refractivity contribution in [1.82, 2.24) is 4.40 Å². The number of nitrogens with two attached hydrogens (primary N) is 1. The molecular weight excluding hydrogens is 375 g/mol. The number of hydrogen-bond donors (Lipinski definition) is 2. The predicted molar refractivity (Wildman–Crippen MR) is 110 cm³/mol. The van der Waals surface area contributed by atoms with Gasteiger partial charge in [-0.25, -0.2) is 0 Å². The molecule has 4 rings (SSSR count). The van der Waals surface area contributed by atoms with Crippen LogP contribution in [0.25, 0.3) is 5.52 Å². The van der Waals surface area contributed by atoms with E-state index in [-0.39, 0.29) is 6.04 Å². The van der Waals surface area contributed by atoms with Crippen LogP contribution in [-0.4, -0.2) is 23.2 Å². The van der Waals surface area contributed by atoms with Gasteiger partial charge in [0.05, 0.1) is 0 Å². The molecule has 0 fully saturated rings. The molecule has 1 atom stereocenters. The highest BCUT2D eigenvalue weighted by molar-refractivity contribution is 5.63. The first-order chi connectivity index (χ1) is 13.9. The molecule has 1 aliphatic rings. The maximum Gasteiger partial charge on any atom is 0.405 e. The number of aromatic nitrogens is 1. The number of rotatable bonds is 6. The van der Waals surface area contributed by atoms with Crippen molar-refractivity contribution in [3.05, 3.63) is 71.0 Å². The Labute approximate surface area is 168 Å². The van der Waals surface area contributed by atoms with E-state index in [1.807, 2.05) is 6.07 Å². The minimum Gasteiger partial charge on any atom is -0.376 e. The second kappa shape index (κ2) is 8.11. The van der Waals surface area contributed by atoms with Crippen molar-refractivity contribution < 1.29 is 13.2 Å². The first-order valence-corrected chi connectivity index (χ1v) is 10.2. The highest BCUT2D eigenvalue weighted by Crippen LogP contribution is 2.31. The molecule has 1 unspecified atom stereocenters. The molecule has 1 aliphatic carbocycles. The van der Waals surface area contributed by atoms with Crippen LogP contribution in [0.5, 0.6) is 0 Å². The molecule has 0 radical (unpaired) electrons. The first kappa shape index (κ1) is 19.8. The molecule has 3 nitrogen and oxygen atoms in total. The number of anilines is 1. The topological polar surface area (TPSA) is 42.5 Å². The van der Waals surface area contributed by atoms with Gasteiger partial charge < -0.3 is 15.5 Å². The lowest BCUT2D eigenvalue weighted by molar-refractivity contribution is -0.115. The summed E-state index contributed by atoms with van der Waals surface area (Å²) in [6, 6.07) is 13.3. The number of halogens is 3. The van der Waals surface area contributed by atoms with E-state index in [4.69, 9.17) is 5.73 Å². The molecule has 0 amide bonds. The molecule has 0 spiro atoms. The van der Waals surface area contributed by atoms with E-state index >= 15 is 0 Å². The van der Waals surface area contributed by atoms with E-state index in [0.717, 1.165) is 24.8 Å². The van der Waals surface area contributed by atoms with Crippen molar-refractivity contribution in [1.29, 1.82) is 0 Å². The fourth-order valence-corrected chi connectivity index (χ4v) is 4.43. The van der Waals surface area contributed by atoms with Gasteiger partial charge in [-0.15, -0.1) is 0 Å². The van der Waals surface area contributed by atoms with Gasteiger partial charge in [0.15, 0.2) is 0 Å². The molecule has 0 saturated carbocycles. The van der Waals surface area contributed by atoms with Gasteiger partial charge in [0.2, 0.25) is 0 Å². The van der Waals surface area contributed by atoms with E-state index in [2.05, 4.69) is 34.1 Å². The van der Waals surface area contributed by atoms with Crippen molar-refractivity contribution in [2.24, 2.45) is 5.73 Å². The number of hydrogen-bond acceptors (Lipinski definition) is 2. The highest BCUT2D eigenvalue weighted by Gasteiger charge is 2.26. The normalized spacial score (nSPS) is 15.3. The Bertz CT molecular complexity index is 991. The third-order valence-corrected chi connectivity index (χ3v) is 5.65. The predicted octanol–water partition coefficient (Wildman–Crippen LogP) is 4.90. The molecule has 2 heterocycles. The van der Waals surface area contributed by atoms with E-state index in [1.54, 1.807) is 18.2 Å². The summed E-state index contributed by atoms with van der Waals surface area (Å²) < 4.78 is 39.6. The number of fused-ring (bicyclic) bond motifs is 3. The summed E-state index contributed by atoms with van der Waals surface area (Å²) in [6.07, 6.45) is 3.91. The SMILES string of the molecule is NC(Cc1cccc(NCC(F)(F)F)c1)Cc1c2c(n3ccccc13)CCCC2. The quantitative estimate of drug-likeness (QED) is 0.617. The van der Waals surface area contributed by atoms with Gasteiger partial charge in [-0.2, -0.15) is 13.2 Å². The lowest BCUT2D eigenvalue weighted by Crippen LogP contribution is -2.26. The summed E-state index contributed by atoms with van der Waals surface area (Å²) in [7, 11) is 0. The van der Waals surface area contributed by atoms with Crippen molar-refractivity contribution in [3.63, 3.8) is 0 Å². The van der Waals surface area contributed by atoms with Crippen LogP contribution in [-0.2, 0) is 25.7 Å². The van der Waals surface area contributed by atoms with Crippen LogP contribution in [0.15, 0.2) is 48.7 Å². The maximum atomic E-state index is 12.4. The molecule has 0 bridgehead atoms. The molecule has 29 heavy (non-hydrogen) atoms. The summed E-state index contributed by atoms with van der Waals surface area (Å²) in [5.74, 6) is 0. The summed E-state index contributed by atoms with van der Waals surface area (Å²) in [4.78, 5) is 0. The Morgan fingerprint density at radius 2 is 1.86 bits per heavy atom. The van der Waals surface area contributed by atoms with Gasteiger partial charge >= 0.3 is 6.18 Å². The van der Waals surface area contributed by atoms with Crippen LogP contribution >= 0.6 is 0 Å². The average molecular weight is 401 g/mol. The summed E-state index contributed by atoms with van der Waals surface area (Å²) in [5, 5.41) is 2.44. The summed E-state index contributed by atoms with van der Waals surface area (Å²) in [6.45, 7) is -1.04. The summed E-state index contributed by atoms with van der Waals surface area (Å²) in [5.41, 5.74) is 13.3. The number of aryl methyl sites for hydroxylation is 1. The van der Waals surface area contributed by atoms with Crippen molar-refractivity contribution >= 4 is 11.2 Å². The van der Waals surface area contributed by atoms with E-state index < -0.39 is 12.7 Å². The van der Waals surface area contributed by atoms with Crippen LogP contribution in [0.1, 0.15) is 35.2 Å². The molecular formula is C23H26F3N3. The van der Waals surface area contributed by atoms with Crippen molar-refractivity contribution in [2.75, 3.05) is 11.9 Å². The second-order valence-corrected chi connectivity index (χ2v) is 7.90. The van der Waals surface area contributed by atoms with Crippen molar-refractivity contribution in [3.8, 4) is 0 Å². The van der Waals surface area contributed by atoms with Crippen LogP contribution in [0.3, 0.4) is 0 Å². The Hall–Kier alpha value is -2.47. The average Bonchev–Trinajstić information content (AvgIpc) is 3.00. The Kier molecular flexibility index (Phi) is 5.54. The zero-order valence-electron chi connectivity index (χ0n) is 16.3. The highest BCUT2D eigenvalue weighted by atomic mass is 19.4. The number of pyridine rings is 1. The molecule has 1 aromatic carbocycles. The molecule has 154 valence electrons. The third kappa shape index (κ3) is 4.58. The van der Waals surface area contributed by atoms with Gasteiger partial charge in [-0.1, -0.05) is 18.2 Å². The third-order valence-electron chi connectivity index (χ3n) is 5.65. The van der Waals surface area contributed by atoms with Gasteiger partial charge in [0.1, 0.15) is 6.54 Å². The fraction of sp³-hybridized carbons (Fsp3) is 0.391. The van der Waals surface area contributed by atoms with E-state index in [0.29, 0.717) is 12.1 Å². The van der Waals surface area contributed by atoms with Gasteiger partial charge in [-0.3, -0.25) is 0 Å². The molecule has 2 aromatic heterocycles. The lowest BCUT2D eigenvalue weighted by Gasteiger charge is -2.16. The Morgan fingerprint density at radius 1 is 1.03 bits per heavy atom. The molecule has 3 aromatic rings. The summed E-state index contributed by atoms with van der Waals surface area (Å²) >= 11 is 0.